The molecule has 0 saturated carbocycles. The number of esters is 1. The summed E-state index contributed by atoms with van der Waals surface area (Å²) in [7, 11) is 0. The van der Waals surface area contributed by atoms with Crippen LogP contribution in [0.25, 0.3) is 0 Å². The summed E-state index contributed by atoms with van der Waals surface area (Å²) in [5.41, 5.74) is 1.85. The zero-order valence-corrected chi connectivity index (χ0v) is 11.0. The van der Waals surface area contributed by atoms with Gasteiger partial charge >= 0.3 is 5.97 Å². The molecule has 0 fully saturated rings. The molecule has 1 aromatic rings. The van der Waals surface area contributed by atoms with Crippen LogP contribution in [0.5, 0.6) is 0 Å². The molecule has 3 heteroatoms. The average Bonchev–Trinajstić information content (AvgIpc) is 2.18. The molecule has 0 saturated heterocycles. The summed E-state index contributed by atoms with van der Waals surface area (Å²) in [4.78, 5) is 11.4. The molecule has 1 aromatic carbocycles. The monoisotopic (exact) mass is 235 g/mol. The van der Waals surface area contributed by atoms with Gasteiger partial charge in [-0.1, -0.05) is 17.7 Å². The number of hydrogen-bond donors (Lipinski definition) is 1. The summed E-state index contributed by atoms with van der Waals surface area (Å²) in [6.07, 6.45) is 0.380. The number of nitrogens with one attached hydrogen (secondary N) is 1. The molecule has 0 aliphatic carbocycles. The van der Waals surface area contributed by atoms with E-state index in [0.717, 1.165) is 5.69 Å². The topological polar surface area (TPSA) is 38.3 Å². The Kier molecular flexibility index (Phi) is 4.55. The molecule has 0 radical (unpaired) electrons. The lowest BCUT2D eigenvalue weighted by atomic mass is 10.2. The van der Waals surface area contributed by atoms with E-state index in [2.05, 4.69) is 5.32 Å². The van der Waals surface area contributed by atoms with Gasteiger partial charge in [-0.25, -0.2) is 0 Å². The minimum absolute atomic E-state index is 0.169. The third-order valence-corrected chi connectivity index (χ3v) is 2.13. The lowest BCUT2D eigenvalue weighted by Gasteiger charge is -2.19. The fourth-order valence-electron chi connectivity index (χ4n) is 1.37. The minimum Gasteiger partial charge on any atom is -0.460 e. The van der Waals surface area contributed by atoms with Crippen molar-refractivity contribution >= 4 is 11.7 Å². The van der Waals surface area contributed by atoms with E-state index in [1.54, 1.807) is 0 Å². The van der Waals surface area contributed by atoms with Crippen LogP contribution in [0.2, 0.25) is 0 Å². The van der Waals surface area contributed by atoms with Gasteiger partial charge in [0.25, 0.3) is 0 Å². The second-order valence-corrected chi connectivity index (χ2v) is 5.13. The average molecular weight is 235 g/mol. The summed E-state index contributed by atoms with van der Waals surface area (Å²) >= 11 is 0. The molecule has 1 N–H and O–H groups in total. The zero-order valence-electron chi connectivity index (χ0n) is 11.0. The largest absolute Gasteiger partial charge is 0.460 e. The van der Waals surface area contributed by atoms with Crippen LogP contribution >= 0.6 is 0 Å². The summed E-state index contributed by atoms with van der Waals surface area (Å²) in [5.74, 6) is -0.169. The normalized spacial score (nSPS) is 11.1. The van der Waals surface area contributed by atoms with E-state index in [-0.39, 0.29) is 5.97 Å². The Morgan fingerprint density at radius 3 is 2.35 bits per heavy atom. The van der Waals surface area contributed by atoms with E-state index in [1.807, 2.05) is 52.0 Å². The van der Waals surface area contributed by atoms with Crippen molar-refractivity contribution in [3.05, 3.63) is 29.8 Å². The molecule has 0 amide bonds. The van der Waals surface area contributed by atoms with Crippen LogP contribution in [0.4, 0.5) is 5.69 Å². The highest BCUT2D eigenvalue weighted by Gasteiger charge is 2.15. The van der Waals surface area contributed by atoms with Gasteiger partial charge in [-0.3, -0.25) is 4.79 Å². The third kappa shape index (κ3) is 5.95. The first kappa shape index (κ1) is 13.6. The molecule has 1 rings (SSSR count). The number of aryl methyl sites for hydroxylation is 1. The highest BCUT2D eigenvalue weighted by molar-refractivity contribution is 5.70. The van der Waals surface area contributed by atoms with Crippen molar-refractivity contribution in [2.75, 3.05) is 11.9 Å². The van der Waals surface area contributed by atoms with E-state index < -0.39 is 5.60 Å². The van der Waals surface area contributed by atoms with Crippen molar-refractivity contribution in [2.24, 2.45) is 0 Å². The van der Waals surface area contributed by atoms with E-state index in [9.17, 15) is 4.79 Å². The molecule has 0 aliphatic heterocycles. The van der Waals surface area contributed by atoms with Crippen molar-refractivity contribution in [3.8, 4) is 0 Å². The molecule has 0 aliphatic rings. The first-order chi connectivity index (χ1) is 7.87. The number of anilines is 1. The molecule has 0 bridgehead atoms. The lowest BCUT2D eigenvalue weighted by molar-refractivity contribution is -0.154. The van der Waals surface area contributed by atoms with Crippen molar-refractivity contribution in [2.45, 2.75) is 39.7 Å². The third-order valence-electron chi connectivity index (χ3n) is 2.13. The molecule has 0 atom stereocenters. The molecule has 0 aromatic heterocycles. The molecule has 0 unspecified atom stereocenters. The number of benzene rings is 1. The maximum Gasteiger partial charge on any atom is 0.308 e. The van der Waals surface area contributed by atoms with Crippen LogP contribution in [-0.2, 0) is 9.53 Å². The van der Waals surface area contributed by atoms with Gasteiger partial charge in [0, 0.05) is 12.2 Å². The predicted octanol–water partition coefficient (Wildman–Crippen LogP) is 3.14. The summed E-state index contributed by atoms with van der Waals surface area (Å²) in [6, 6.07) is 8.08. The molecule has 17 heavy (non-hydrogen) atoms. The van der Waals surface area contributed by atoms with E-state index in [0.29, 0.717) is 13.0 Å². The molecule has 3 nitrogen and oxygen atoms in total. The van der Waals surface area contributed by atoms with Gasteiger partial charge in [0.15, 0.2) is 0 Å². The van der Waals surface area contributed by atoms with E-state index >= 15 is 0 Å². The van der Waals surface area contributed by atoms with Gasteiger partial charge in [-0.2, -0.15) is 0 Å². The molecular formula is C14H21NO2. The Hall–Kier alpha value is -1.51. The first-order valence-electron chi connectivity index (χ1n) is 5.89. The summed E-state index contributed by atoms with van der Waals surface area (Å²) in [6.45, 7) is 8.26. The SMILES string of the molecule is Cc1ccc(NCCC(=O)OC(C)(C)C)cc1. The Morgan fingerprint density at radius 1 is 1.24 bits per heavy atom. The fourth-order valence-corrected chi connectivity index (χ4v) is 1.37. The summed E-state index contributed by atoms with van der Waals surface area (Å²) in [5, 5.41) is 3.19. The summed E-state index contributed by atoms with van der Waals surface area (Å²) < 4.78 is 5.22. The number of carbonyl (C=O) groups is 1. The Morgan fingerprint density at radius 2 is 1.82 bits per heavy atom. The van der Waals surface area contributed by atoms with Crippen molar-refractivity contribution < 1.29 is 9.53 Å². The highest BCUT2D eigenvalue weighted by atomic mass is 16.6. The van der Waals surface area contributed by atoms with E-state index in [4.69, 9.17) is 4.74 Å². The molecule has 0 heterocycles. The molecular weight excluding hydrogens is 214 g/mol. The van der Waals surface area contributed by atoms with Gasteiger partial charge in [-0.15, -0.1) is 0 Å². The first-order valence-corrected chi connectivity index (χ1v) is 5.89. The predicted molar refractivity (Wildman–Crippen MR) is 70.1 cm³/mol. The molecule has 0 spiro atoms. The standard InChI is InChI=1S/C14H21NO2/c1-11-5-7-12(8-6-11)15-10-9-13(16)17-14(2,3)4/h5-8,15H,9-10H2,1-4H3. The number of ether oxygens (including phenoxy) is 1. The van der Waals surface area contributed by atoms with Gasteiger partial charge in [0.2, 0.25) is 0 Å². The number of carbonyl (C=O) groups excluding carboxylic acids is 1. The second kappa shape index (κ2) is 5.71. The van der Waals surface area contributed by atoms with Gasteiger partial charge in [0.1, 0.15) is 5.60 Å². The Balaban J connectivity index is 2.28. The quantitative estimate of drug-likeness (QED) is 0.815. The minimum atomic E-state index is -0.402. The highest BCUT2D eigenvalue weighted by Crippen LogP contribution is 2.10. The van der Waals surface area contributed by atoms with Crippen molar-refractivity contribution in [1.29, 1.82) is 0 Å². The smallest absolute Gasteiger partial charge is 0.308 e. The van der Waals surface area contributed by atoms with E-state index in [1.165, 1.54) is 5.56 Å². The van der Waals surface area contributed by atoms with Crippen LogP contribution in [0, 0.1) is 6.92 Å². The van der Waals surface area contributed by atoms with Crippen LogP contribution in [0.3, 0.4) is 0 Å². The Labute approximate surface area is 103 Å². The van der Waals surface area contributed by atoms with Crippen LogP contribution < -0.4 is 5.32 Å². The van der Waals surface area contributed by atoms with Gasteiger partial charge < -0.3 is 10.1 Å². The number of hydrogen-bond acceptors (Lipinski definition) is 3. The lowest BCUT2D eigenvalue weighted by Crippen LogP contribution is -2.25. The van der Waals surface area contributed by atoms with Crippen LogP contribution in [-0.4, -0.2) is 18.1 Å². The number of rotatable bonds is 4. The van der Waals surface area contributed by atoms with Crippen molar-refractivity contribution in [1.82, 2.24) is 0 Å². The van der Waals surface area contributed by atoms with Crippen molar-refractivity contribution in [3.63, 3.8) is 0 Å². The second-order valence-electron chi connectivity index (χ2n) is 5.13. The van der Waals surface area contributed by atoms with Gasteiger partial charge in [-0.05, 0) is 39.8 Å². The fraction of sp³-hybridized carbons (Fsp3) is 0.500. The maximum atomic E-state index is 11.4. The maximum absolute atomic E-state index is 11.4. The zero-order chi connectivity index (χ0) is 12.9. The van der Waals surface area contributed by atoms with Crippen LogP contribution in [0.1, 0.15) is 32.8 Å². The van der Waals surface area contributed by atoms with Gasteiger partial charge in [0.05, 0.1) is 6.42 Å². The van der Waals surface area contributed by atoms with Crippen LogP contribution in [0.15, 0.2) is 24.3 Å². The molecule has 94 valence electrons. The Bertz CT molecular complexity index is 363.